The van der Waals surface area contributed by atoms with Gasteiger partial charge >= 0.3 is 0 Å². The van der Waals surface area contributed by atoms with E-state index in [0.29, 0.717) is 44.2 Å². The normalized spacial score (nSPS) is 22.9. The predicted octanol–water partition coefficient (Wildman–Crippen LogP) is 0.844. The summed E-state index contributed by atoms with van der Waals surface area (Å²) in [6.45, 7) is 4.67. The van der Waals surface area contributed by atoms with Gasteiger partial charge in [-0.05, 0) is 19.2 Å². The van der Waals surface area contributed by atoms with Crippen molar-refractivity contribution in [2.24, 2.45) is 0 Å². The van der Waals surface area contributed by atoms with Crippen molar-refractivity contribution in [1.29, 1.82) is 0 Å². The van der Waals surface area contributed by atoms with Crippen LogP contribution in [0.25, 0.3) is 0 Å². The Morgan fingerprint density at radius 1 is 1.11 bits per heavy atom. The Kier molecular flexibility index (Phi) is 5.06. The van der Waals surface area contributed by atoms with Gasteiger partial charge in [-0.3, -0.25) is 9.59 Å². The Morgan fingerprint density at radius 2 is 1.81 bits per heavy atom. The van der Waals surface area contributed by atoms with Crippen molar-refractivity contribution in [2.45, 2.75) is 18.4 Å². The fourth-order valence-electron chi connectivity index (χ4n) is 4.08. The number of piperidine rings is 1. The Hall–Kier alpha value is -2.12. The van der Waals surface area contributed by atoms with Gasteiger partial charge in [0.2, 0.25) is 5.91 Å². The van der Waals surface area contributed by atoms with E-state index in [9.17, 15) is 9.59 Å². The smallest absolute Gasteiger partial charge is 0.258 e. The first kappa shape index (κ1) is 18.3. The van der Waals surface area contributed by atoms with Crippen LogP contribution >= 0.6 is 0 Å². The van der Waals surface area contributed by atoms with Gasteiger partial charge in [-0.15, -0.1) is 0 Å². The minimum atomic E-state index is -0.430. The van der Waals surface area contributed by atoms with Crippen molar-refractivity contribution in [3.8, 4) is 5.75 Å². The van der Waals surface area contributed by atoms with Crippen LogP contribution in [0.4, 0.5) is 0 Å². The standard InChI is InChI=1S/C20H27N3O4/c1-21-8-6-20(7-9-21)15-23(14-18(24)22-10-12-26-13-11-22)19(25)16-4-2-3-5-17(16)27-20/h2-5H,6-15H2,1H3. The molecule has 3 aliphatic heterocycles. The largest absolute Gasteiger partial charge is 0.484 e. The topological polar surface area (TPSA) is 62.3 Å². The molecule has 0 atom stereocenters. The van der Waals surface area contributed by atoms with Gasteiger partial charge in [-0.2, -0.15) is 0 Å². The minimum absolute atomic E-state index is 0.0193. The molecule has 0 aromatic heterocycles. The molecule has 0 bridgehead atoms. The Morgan fingerprint density at radius 3 is 2.56 bits per heavy atom. The van der Waals surface area contributed by atoms with Crippen LogP contribution < -0.4 is 4.74 Å². The zero-order chi connectivity index (χ0) is 18.9. The Balaban J connectivity index is 1.59. The number of benzene rings is 1. The third-order valence-corrected chi connectivity index (χ3v) is 5.80. The van der Waals surface area contributed by atoms with Crippen LogP contribution in [0.3, 0.4) is 0 Å². The first-order valence-corrected chi connectivity index (χ1v) is 9.68. The van der Waals surface area contributed by atoms with Crippen LogP contribution in [0.15, 0.2) is 24.3 Å². The van der Waals surface area contributed by atoms with Crippen molar-refractivity contribution in [3.05, 3.63) is 29.8 Å². The average Bonchev–Trinajstić information content (AvgIpc) is 2.80. The number of ether oxygens (including phenoxy) is 2. The number of carbonyl (C=O) groups is 2. The van der Waals surface area contributed by atoms with Gasteiger partial charge in [0.1, 0.15) is 17.9 Å². The molecule has 2 fully saturated rings. The highest BCUT2D eigenvalue weighted by molar-refractivity contribution is 5.99. The number of likely N-dealkylation sites (tertiary alicyclic amines) is 1. The Bertz CT molecular complexity index is 709. The fourth-order valence-corrected chi connectivity index (χ4v) is 4.08. The second kappa shape index (κ2) is 7.48. The highest BCUT2D eigenvalue weighted by atomic mass is 16.5. The molecule has 146 valence electrons. The van der Waals surface area contributed by atoms with Crippen LogP contribution in [-0.2, 0) is 9.53 Å². The van der Waals surface area contributed by atoms with Crippen LogP contribution in [0.2, 0.25) is 0 Å². The van der Waals surface area contributed by atoms with Gasteiger partial charge < -0.3 is 24.2 Å². The molecule has 0 aliphatic carbocycles. The summed E-state index contributed by atoms with van der Waals surface area (Å²) in [5.41, 5.74) is 0.114. The summed E-state index contributed by atoms with van der Waals surface area (Å²) >= 11 is 0. The number of morpholine rings is 1. The highest BCUT2D eigenvalue weighted by Crippen LogP contribution is 2.35. The second-order valence-corrected chi connectivity index (χ2v) is 7.74. The molecule has 0 radical (unpaired) electrons. The van der Waals surface area contributed by atoms with Crippen LogP contribution in [-0.4, -0.2) is 91.6 Å². The lowest BCUT2D eigenvalue weighted by Gasteiger charge is -2.42. The van der Waals surface area contributed by atoms with Crippen molar-refractivity contribution in [3.63, 3.8) is 0 Å². The number of nitrogens with zero attached hydrogens (tertiary/aromatic N) is 3. The summed E-state index contributed by atoms with van der Waals surface area (Å²) in [6.07, 6.45) is 1.68. The van der Waals surface area contributed by atoms with E-state index in [1.165, 1.54) is 0 Å². The van der Waals surface area contributed by atoms with Gasteiger partial charge in [-0.25, -0.2) is 0 Å². The van der Waals surface area contributed by atoms with Crippen LogP contribution in [0, 0.1) is 0 Å². The van der Waals surface area contributed by atoms with E-state index in [4.69, 9.17) is 9.47 Å². The molecule has 1 spiro atoms. The molecule has 4 rings (SSSR count). The van der Waals surface area contributed by atoms with Crippen molar-refractivity contribution >= 4 is 11.8 Å². The maximum atomic E-state index is 13.2. The number of carbonyl (C=O) groups excluding carboxylic acids is 2. The Labute approximate surface area is 159 Å². The molecule has 2 saturated heterocycles. The first-order chi connectivity index (χ1) is 13.1. The first-order valence-electron chi connectivity index (χ1n) is 9.68. The summed E-state index contributed by atoms with van der Waals surface area (Å²) in [4.78, 5) is 31.7. The molecular formula is C20H27N3O4. The molecule has 0 N–H and O–H groups in total. The number of hydrogen-bond acceptors (Lipinski definition) is 5. The molecule has 3 aliphatic rings. The van der Waals surface area contributed by atoms with Gasteiger partial charge in [0.05, 0.1) is 25.3 Å². The van der Waals surface area contributed by atoms with Gasteiger partial charge in [0.25, 0.3) is 5.91 Å². The van der Waals surface area contributed by atoms with Gasteiger partial charge in [0.15, 0.2) is 0 Å². The number of fused-ring (bicyclic) bond motifs is 1. The maximum absolute atomic E-state index is 13.2. The maximum Gasteiger partial charge on any atom is 0.258 e. The van der Waals surface area contributed by atoms with Crippen molar-refractivity contribution in [2.75, 3.05) is 59.5 Å². The molecule has 1 aromatic rings. The number of amides is 2. The summed E-state index contributed by atoms with van der Waals surface area (Å²) in [5.74, 6) is 0.491. The van der Waals surface area contributed by atoms with Gasteiger partial charge in [-0.1, -0.05) is 12.1 Å². The summed E-state index contributed by atoms with van der Waals surface area (Å²) in [5, 5.41) is 0. The minimum Gasteiger partial charge on any atom is -0.484 e. The molecule has 3 heterocycles. The molecule has 27 heavy (non-hydrogen) atoms. The number of para-hydroxylation sites is 1. The van der Waals surface area contributed by atoms with E-state index in [1.807, 2.05) is 18.2 Å². The molecule has 0 unspecified atom stereocenters. The van der Waals surface area contributed by atoms with Crippen molar-refractivity contribution < 1.29 is 19.1 Å². The zero-order valence-electron chi connectivity index (χ0n) is 15.9. The second-order valence-electron chi connectivity index (χ2n) is 7.74. The highest BCUT2D eigenvalue weighted by Gasteiger charge is 2.43. The molecule has 2 amide bonds. The predicted molar refractivity (Wildman–Crippen MR) is 99.8 cm³/mol. The number of hydrogen-bond donors (Lipinski definition) is 0. The van der Waals surface area contributed by atoms with E-state index in [2.05, 4.69) is 11.9 Å². The zero-order valence-corrected chi connectivity index (χ0v) is 15.9. The lowest BCUT2D eigenvalue weighted by Crippen LogP contribution is -2.55. The fraction of sp³-hybridized carbons (Fsp3) is 0.600. The van der Waals surface area contributed by atoms with E-state index >= 15 is 0 Å². The molecular weight excluding hydrogens is 346 g/mol. The SMILES string of the molecule is CN1CCC2(CC1)CN(CC(=O)N1CCOCC1)C(=O)c1ccccc1O2. The molecule has 1 aromatic carbocycles. The third kappa shape index (κ3) is 3.80. The summed E-state index contributed by atoms with van der Waals surface area (Å²) in [6, 6.07) is 7.39. The van der Waals surface area contributed by atoms with Crippen LogP contribution in [0.1, 0.15) is 23.2 Å². The monoisotopic (exact) mass is 373 g/mol. The quantitative estimate of drug-likeness (QED) is 0.769. The van der Waals surface area contributed by atoms with E-state index in [1.54, 1.807) is 15.9 Å². The molecule has 7 heteroatoms. The lowest BCUT2D eigenvalue weighted by molar-refractivity contribution is -0.136. The summed E-state index contributed by atoms with van der Waals surface area (Å²) in [7, 11) is 2.10. The van der Waals surface area contributed by atoms with Crippen molar-refractivity contribution in [1.82, 2.24) is 14.7 Å². The summed E-state index contributed by atoms with van der Waals surface area (Å²) < 4.78 is 11.8. The lowest BCUT2D eigenvalue weighted by atomic mass is 9.90. The van der Waals surface area contributed by atoms with Gasteiger partial charge in [0, 0.05) is 39.0 Å². The number of rotatable bonds is 2. The van der Waals surface area contributed by atoms with E-state index < -0.39 is 5.60 Å². The van der Waals surface area contributed by atoms with E-state index in [0.717, 1.165) is 25.9 Å². The van der Waals surface area contributed by atoms with Crippen LogP contribution in [0.5, 0.6) is 5.75 Å². The molecule has 7 nitrogen and oxygen atoms in total. The molecule has 0 saturated carbocycles. The third-order valence-electron chi connectivity index (χ3n) is 5.80. The average molecular weight is 373 g/mol. The van der Waals surface area contributed by atoms with E-state index in [-0.39, 0.29) is 18.4 Å².